The number of thiophene rings is 1. The van der Waals surface area contributed by atoms with Gasteiger partial charge in [0, 0.05) is 10.3 Å². The lowest BCUT2D eigenvalue weighted by Crippen LogP contribution is -2.33. The third kappa shape index (κ3) is 1.04. The van der Waals surface area contributed by atoms with E-state index in [0.29, 0.717) is 0 Å². The molecule has 72 valence electrons. The fourth-order valence-electron chi connectivity index (χ4n) is 2.14. The molecule has 1 heterocycles. The first-order valence-corrected chi connectivity index (χ1v) is 5.87. The predicted molar refractivity (Wildman–Crippen MR) is 59.6 cm³/mol. The second-order valence-electron chi connectivity index (χ2n) is 4.03. The first-order valence-electron chi connectivity index (χ1n) is 4.99. The normalized spacial score (nSPS) is 19.5. The van der Waals surface area contributed by atoms with Crippen LogP contribution in [0.15, 0.2) is 29.6 Å². The molecule has 1 saturated carbocycles. The number of rotatable bonds is 1. The molecule has 0 saturated heterocycles. The average molecular weight is 204 g/mol. The topological polar surface area (TPSA) is 20.2 Å². The quantitative estimate of drug-likeness (QED) is 0.756. The molecule has 1 aliphatic carbocycles. The van der Waals surface area contributed by atoms with Crippen molar-refractivity contribution < 1.29 is 5.11 Å². The largest absolute Gasteiger partial charge is 0.385 e. The van der Waals surface area contributed by atoms with Gasteiger partial charge >= 0.3 is 0 Å². The van der Waals surface area contributed by atoms with Gasteiger partial charge < -0.3 is 5.11 Å². The number of hydrogen-bond donors (Lipinski definition) is 1. The molecule has 0 bridgehead atoms. The second kappa shape index (κ2) is 2.81. The van der Waals surface area contributed by atoms with Gasteiger partial charge in [-0.05, 0) is 36.1 Å². The highest BCUT2D eigenvalue weighted by atomic mass is 32.1. The molecule has 1 aromatic heterocycles. The van der Waals surface area contributed by atoms with E-state index in [1.807, 2.05) is 6.07 Å². The molecular weight excluding hydrogens is 192 g/mol. The fourth-order valence-corrected chi connectivity index (χ4v) is 3.15. The van der Waals surface area contributed by atoms with Crippen molar-refractivity contribution in [3.05, 3.63) is 35.2 Å². The lowest BCUT2D eigenvalue weighted by molar-refractivity contribution is -0.0373. The van der Waals surface area contributed by atoms with Gasteiger partial charge in [-0.25, -0.2) is 0 Å². The summed E-state index contributed by atoms with van der Waals surface area (Å²) in [6, 6.07) is 8.33. The van der Waals surface area contributed by atoms with E-state index in [2.05, 4.69) is 23.6 Å². The Morgan fingerprint density at radius 1 is 1.21 bits per heavy atom. The van der Waals surface area contributed by atoms with Crippen molar-refractivity contribution >= 4 is 21.4 Å². The van der Waals surface area contributed by atoms with E-state index in [-0.39, 0.29) is 0 Å². The number of aliphatic hydroxyl groups is 1. The van der Waals surface area contributed by atoms with E-state index in [4.69, 9.17) is 0 Å². The van der Waals surface area contributed by atoms with Gasteiger partial charge in [0.1, 0.15) is 0 Å². The molecule has 2 heteroatoms. The van der Waals surface area contributed by atoms with E-state index in [1.54, 1.807) is 11.3 Å². The third-order valence-corrected chi connectivity index (χ3v) is 4.12. The van der Waals surface area contributed by atoms with E-state index >= 15 is 0 Å². The van der Waals surface area contributed by atoms with Crippen molar-refractivity contribution in [1.29, 1.82) is 0 Å². The number of fused-ring (bicyclic) bond motifs is 1. The minimum Gasteiger partial charge on any atom is -0.385 e. The van der Waals surface area contributed by atoms with Gasteiger partial charge in [-0.2, -0.15) is 0 Å². The van der Waals surface area contributed by atoms with Gasteiger partial charge in [-0.3, -0.25) is 0 Å². The van der Waals surface area contributed by atoms with Crippen LogP contribution in [0.2, 0.25) is 0 Å². The van der Waals surface area contributed by atoms with Crippen molar-refractivity contribution in [3.8, 4) is 0 Å². The summed E-state index contributed by atoms with van der Waals surface area (Å²) in [5.74, 6) is 0. The molecule has 3 rings (SSSR count). The van der Waals surface area contributed by atoms with Gasteiger partial charge in [-0.15, -0.1) is 11.3 Å². The van der Waals surface area contributed by atoms with Gasteiger partial charge in [-0.1, -0.05) is 18.2 Å². The molecule has 0 aliphatic heterocycles. The van der Waals surface area contributed by atoms with Gasteiger partial charge in [0.05, 0.1) is 5.60 Å². The molecular formula is C12H12OS. The molecule has 0 amide bonds. The summed E-state index contributed by atoms with van der Waals surface area (Å²) in [6.45, 7) is 0. The highest BCUT2D eigenvalue weighted by molar-refractivity contribution is 7.17. The van der Waals surface area contributed by atoms with Crippen molar-refractivity contribution in [3.63, 3.8) is 0 Å². The summed E-state index contributed by atoms with van der Waals surface area (Å²) in [5.41, 5.74) is 0.612. The lowest BCUT2D eigenvalue weighted by atomic mass is 9.75. The molecule has 2 aromatic rings. The zero-order chi connectivity index (χ0) is 9.60. The Hall–Kier alpha value is -0.860. The highest BCUT2D eigenvalue weighted by Gasteiger charge is 2.37. The molecule has 0 spiro atoms. The Bertz CT molecular complexity index is 468. The van der Waals surface area contributed by atoms with Crippen LogP contribution in [-0.2, 0) is 5.60 Å². The Balaban J connectivity index is 2.24. The van der Waals surface area contributed by atoms with Crippen LogP contribution in [0.5, 0.6) is 0 Å². The van der Waals surface area contributed by atoms with Gasteiger partial charge in [0.25, 0.3) is 0 Å². The minimum absolute atomic E-state index is 0.523. The molecule has 0 atom stereocenters. The van der Waals surface area contributed by atoms with E-state index < -0.39 is 5.60 Å². The molecule has 1 aromatic carbocycles. The van der Waals surface area contributed by atoms with E-state index in [0.717, 1.165) is 24.8 Å². The summed E-state index contributed by atoms with van der Waals surface area (Å²) in [7, 11) is 0. The minimum atomic E-state index is -0.523. The Kier molecular flexibility index (Phi) is 1.70. The van der Waals surface area contributed by atoms with Crippen molar-refractivity contribution in [2.45, 2.75) is 24.9 Å². The maximum Gasteiger partial charge on any atom is 0.0910 e. The summed E-state index contributed by atoms with van der Waals surface area (Å²) < 4.78 is 1.26. The molecule has 1 fully saturated rings. The highest BCUT2D eigenvalue weighted by Crippen LogP contribution is 2.44. The Morgan fingerprint density at radius 3 is 2.79 bits per heavy atom. The molecule has 0 radical (unpaired) electrons. The molecule has 1 nitrogen and oxygen atoms in total. The standard InChI is InChI=1S/C12H12OS/c13-12(6-2-7-12)10-4-1-3-9-5-8-14-11(9)10/h1,3-5,8,13H,2,6-7H2. The van der Waals surface area contributed by atoms with E-state index in [9.17, 15) is 5.11 Å². The molecule has 1 N–H and O–H groups in total. The average Bonchev–Trinajstić information content (AvgIpc) is 2.61. The van der Waals surface area contributed by atoms with Crippen LogP contribution in [0.3, 0.4) is 0 Å². The second-order valence-corrected chi connectivity index (χ2v) is 4.95. The monoisotopic (exact) mass is 204 g/mol. The molecule has 0 unspecified atom stereocenters. The first-order chi connectivity index (χ1) is 6.80. The van der Waals surface area contributed by atoms with E-state index in [1.165, 1.54) is 10.1 Å². The zero-order valence-corrected chi connectivity index (χ0v) is 8.68. The van der Waals surface area contributed by atoms with Crippen LogP contribution < -0.4 is 0 Å². The Morgan fingerprint density at radius 2 is 2.07 bits per heavy atom. The van der Waals surface area contributed by atoms with Crippen molar-refractivity contribution in [2.24, 2.45) is 0 Å². The number of hydrogen-bond acceptors (Lipinski definition) is 2. The van der Waals surface area contributed by atoms with Crippen LogP contribution in [0.1, 0.15) is 24.8 Å². The maximum absolute atomic E-state index is 10.3. The maximum atomic E-state index is 10.3. The molecule has 1 aliphatic rings. The van der Waals surface area contributed by atoms with Gasteiger partial charge in [0.2, 0.25) is 0 Å². The van der Waals surface area contributed by atoms with Crippen LogP contribution in [-0.4, -0.2) is 5.11 Å². The third-order valence-electron chi connectivity index (χ3n) is 3.16. The summed E-state index contributed by atoms with van der Waals surface area (Å²) >= 11 is 1.73. The predicted octanol–water partition coefficient (Wildman–Crippen LogP) is 3.27. The van der Waals surface area contributed by atoms with Crippen molar-refractivity contribution in [1.82, 2.24) is 0 Å². The first kappa shape index (κ1) is 8.45. The van der Waals surface area contributed by atoms with Crippen LogP contribution >= 0.6 is 11.3 Å². The summed E-state index contributed by atoms with van der Waals surface area (Å²) in [5, 5.41) is 13.7. The summed E-state index contributed by atoms with van der Waals surface area (Å²) in [4.78, 5) is 0. The molecule has 14 heavy (non-hydrogen) atoms. The smallest absolute Gasteiger partial charge is 0.0910 e. The van der Waals surface area contributed by atoms with Crippen LogP contribution in [0.4, 0.5) is 0 Å². The Labute approximate surface area is 87.0 Å². The van der Waals surface area contributed by atoms with Crippen molar-refractivity contribution in [2.75, 3.05) is 0 Å². The lowest BCUT2D eigenvalue weighted by Gasteiger charge is -2.37. The summed E-state index contributed by atoms with van der Waals surface area (Å²) in [6.07, 6.45) is 2.99. The number of benzene rings is 1. The van der Waals surface area contributed by atoms with Crippen LogP contribution in [0.25, 0.3) is 10.1 Å². The fraction of sp³-hybridized carbons (Fsp3) is 0.333. The van der Waals surface area contributed by atoms with Gasteiger partial charge in [0.15, 0.2) is 0 Å². The van der Waals surface area contributed by atoms with Crippen LogP contribution in [0, 0.1) is 0 Å². The zero-order valence-electron chi connectivity index (χ0n) is 7.86. The SMILES string of the molecule is OC1(c2cccc3ccsc23)CCC1.